The van der Waals surface area contributed by atoms with Crippen LogP contribution in [0.5, 0.6) is 0 Å². The van der Waals surface area contributed by atoms with Crippen LogP contribution in [0.25, 0.3) is 0 Å². The van der Waals surface area contributed by atoms with E-state index in [1.807, 2.05) is 20.8 Å². The Hall–Kier alpha value is -1.14. The number of methoxy groups -OCH3 is 1. The van der Waals surface area contributed by atoms with Gasteiger partial charge in [0.2, 0.25) is 11.8 Å². The molecule has 0 aromatic rings. The molecule has 0 aromatic carbocycles. The van der Waals surface area contributed by atoms with Gasteiger partial charge in [-0.1, -0.05) is 0 Å². The number of carbonyl (C=O) groups excluding carboxylic acids is 2. The molecule has 6 heteroatoms. The number of hydrogen-bond acceptors (Lipinski definition) is 4. The summed E-state index contributed by atoms with van der Waals surface area (Å²) in [7, 11) is 3.28. The summed E-state index contributed by atoms with van der Waals surface area (Å²) in [5.74, 6) is -0.215. The Morgan fingerprint density at radius 2 is 2.05 bits per heavy atom. The highest BCUT2D eigenvalue weighted by molar-refractivity contribution is 5.87. The van der Waals surface area contributed by atoms with Crippen LogP contribution < -0.4 is 10.6 Å². The predicted molar refractivity (Wildman–Crippen MR) is 72.7 cm³/mol. The molecular formula is C13H25N3O3. The van der Waals surface area contributed by atoms with Crippen molar-refractivity contribution in [3.8, 4) is 0 Å². The summed E-state index contributed by atoms with van der Waals surface area (Å²) in [6.45, 7) is 6.48. The average Bonchev–Trinajstić information content (AvgIpc) is 2.73. The monoisotopic (exact) mass is 271 g/mol. The van der Waals surface area contributed by atoms with E-state index in [0.717, 1.165) is 0 Å². The molecule has 2 amide bonds. The molecule has 6 nitrogen and oxygen atoms in total. The maximum Gasteiger partial charge on any atom is 0.240 e. The van der Waals surface area contributed by atoms with Gasteiger partial charge in [0.1, 0.15) is 0 Å². The summed E-state index contributed by atoms with van der Waals surface area (Å²) in [6.07, 6.45) is 0.728. The minimum atomic E-state index is -0.284. The van der Waals surface area contributed by atoms with Crippen LogP contribution >= 0.6 is 0 Å². The van der Waals surface area contributed by atoms with Crippen LogP contribution in [0.2, 0.25) is 0 Å². The minimum absolute atomic E-state index is 0.0661. The normalized spacial score (nSPS) is 23.2. The largest absolute Gasteiger partial charge is 0.380 e. The third kappa shape index (κ3) is 5.16. The zero-order valence-electron chi connectivity index (χ0n) is 12.4. The highest BCUT2D eigenvalue weighted by Crippen LogP contribution is 2.11. The van der Waals surface area contributed by atoms with Gasteiger partial charge in [-0.05, 0) is 27.2 Å². The van der Waals surface area contributed by atoms with Crippen LogP contribution in [0.4, 0.5) is 0 Å². The van der Waals surface area contributed by atoms with Gasteiger partial charge in [0.15, 0.2) is 0 Å². The average molecular weight is 271 g/mol. The number of hydrogen-bond donors (Lipinski definition) is 2. The molecule has 2 atom stereocenters. The molecule has 0 radical (unpaired) electrons. The molecule has 110 valence electrons. The first-order chi connectivity index (χ1) is 8.73. The molecule has 1 aliphatic rings. The van der Waals surface area contributed by atoms with E-state index in [-0.39, 0.29) is 36.0 Å². The van der Waals surface area contributed by atoms with Gasteiger partial charge >= 0.3 is 0 Å². The summed E-state index contributed by atoms with van der Waals surface area (Å²) in [4.78, 5) is 25.3. The van der Waals surface area contributed by atoms with E-state index < -0.39 is 0 Å². The SMILES string of the molecule is COC1CNC(C(=O)N(C)CC(=O)NC(C)(C)C)C1. The fourth-order valence-corrected chi connectivity index (χ4v) is 2.09. The zero-order valence-corrected chi connectivity index (χ0v) is 12.4. The molecule has 1 saturated heterocycles. The molecule has 1 heterocycles. The van der Waals surface area contributed by atoms with Gasteiger partial charge in [-0.25, -0.2) is 0 Å². The van der Waals surface area contributed by atoms with Crippen molar-refractivity contribution < 1.29 is 14.3 Å². The van der Waals surface area contributed by atoms with E-state index in [0.29, 0.717) is 13.0 Å². The predicted octanol–water partition coefficient (Wildman–Crippen LogP) is -0.264. The summed E-state index contributed by atoms with van der Waals surface area (Å²) >= 11 is 0. The van der Waals surface area contributed by atoms with Crippen molar-refractivity contribution in [2.75, 3.05) is 27.2 Å². The number of rotatable bonds is 4. The van der Waals surface area contributed by atoms with Crippen LogP contribution in [-0.2, 0) is 14.3 Å². The Labute approximate surface area is 114 Å². The highest BCUT2D eigenvalue weighted by Gasteiger charge is 2.31. The Kier molecular flexibility index (Phi) is 5.31. The third-order valence-electron chi connectivity index (χ3n) is 2.99. The van der Waals surface area contributed by atoms with Gasteiger partial charge in [0.05, 0.1) is 18.7 Å². The maximum atomic E-state index is 12.1. The Balaban J connectivity index is 2.43. The minimum Gasteiger partial charge on any atom is -0.380 e. The molecule has 0 saturated carbocycles. The third-order valence-corrected chi connectivity index (χ3v) is 2.99. The molecule has 0 spiro atoms. The van der Waals surface area contributed by atoms with Gasteiger partial charge in [0, 0.05) is 26.2 Å². The van der Waals surface area contributed by atoms with Crippen molar-refractivity contribution in [3.05, 3.63) is 0 Å². The topological polar surface area (TPSA) is 70.7 Å². The number of carbonyl (C=O) groups is 2. The van der Waals surface area contributed by atoms with Crippen molar-refractivity contribution >= 4 is 11.8 Å². The molecular weight excluding hydrogens is 246 g/mol. The number of nitrogens with zero attached hydrogens (tertiary/aromatic N) is 1. The second kappa shape index (κ2) is 6.34. The molecule has 1 rings (SSSR count). The molecule has 2 unspecified atom stereocenters. The Morgan fingerprint density at radius 1 is 1.42 bits per heavy atom. The smallest absolute Gasteiger partial charge is 0.240 e. The Bertz CT molecular complexity index is 339. The van der Waals surface area contributed by atoms with E-state index in [1.54, 1.807) is 14.2 Å². The van der Waals surface area contributed by atoms with Crippen LogP contribution in [0.15, 0.2) is 0 Å². The Morgan fingerprint density at radius 3 is 2.53 bits per heavy atom. The molecule has 0 aromatic heterocycles. The fourth-order valence-electron chi connectivity index (χ4n) is 2.09. The number of amides is 2. The lowest BCUT2D eigenvalue weighted by atomic mass is 10.1. The zero-order chi connectivity index (χ0) is 14.6. The van der Waals surface area contributed by atoms with Crippen molar-refractivity contribution in [1.82, 2.24) is 15.5 Å². The van der Waals surface area contributed by atoms with Crippen molar-refractivity contribution in [3.63, 3.8) is 0 Å². The number of likely N-dealkylation sites (N-methyl/N-ethyl adjacent to an activating group) is 1. The molecule has 2 N–H and O–H groups in total. The van der Waals surface area contributed by atoms with E-state index in [4.69, 9.17) is 4.74 Å². The maximum absolute atomic E-state index is 12.1. The second-order valence-electron chi connectivity index (χ2n) is 6.05. The lowest BCUT2D eigenvalue weighted by Crippen LogP contribution is -2.49. The summed E-state index contributed by atoms with van der Waals surface area (Å²) < 4.78 is 5.21. The molecule has 19 heavy (non-hydrogen) atoms. The lowest BCUT2D eigenvalue weighted by Gasteiger charge is -2.24. The van der Waals surface area contributed by atoms with Gasteiger partial charge in [-0.2, -0.15) is 0 Å². The van der Waals surface area contributed by atoms with Crippen molar-refractivity contribution in [1.29, 1.82) is 0 Å². The summed E-state index contributed by atoms with van der Waals surface area (Å²) in [5, 5.41) is 5.95. The number of nitrogens with one attached hydrogen (secondary N) is 2. The molecule has 1 fully saturated rings. The van der Waals surface area contributed by atoms with Gasteiger partial charge < -0.3 is 20.3 Å². The first-order valence-corrected chi connectivity index (χ1v) is 6.55. The van der Waals surface area contributed by atoms with E-state index in [1.165, 1.54) is 4.90 Å². The quantitative estimate of drug-likeness (QED) is 0.739. The van der Waals surface area contributed by atoms with Crippen LogP contribution in [-0.4, -0.2) is 61.6 Å². The highest BCUT2D eigenvalue weighted by atomic mass is 16.5. The first-order valence-electron chi connectivity index (χ1n) is 6.55. The fraction of sp³-hybridized carbons (Fsp3) is 0.846. The summed E-state index contributed by atoms with van der Waals surface area (Å²) in [6, 6.07) is -0.252. The standard InChI is InChI=1S/C13H25N3O3/c1-13(2,3)15-11(17)8-16(4)12(18)10-6-9(19-5)7-14-10/h9-10,14H,6-8H2,1-5H3,(H,15,17). The van der Waals surface area contributed by atoms with Crippen molar-refractivity contribution in [2.24, 2.45) is 0 Å². The van der Waals surface area contributed by atoms with Crippen LogP contribution in [0.3, 0.4) is 0 Å². The molecule has 0 aliphatic carbocycles. The van der Waals surface area contributed by atoms with Gasteiger partial charge in [-0.3, -0.25) is 9.59 Å². The van der Waals surface area contributed by atoms with Crippen LogP contribution in [0, 0.1) is 0 Å². The molecule has 0 bridgehead atoms. The van der Waals surface area contributed by atoms with Crippen molar-refractivity contribution in [2.45, 2.75) is 44.9 Å². The van der Waals surface area contributed by atoms with Crippen LogP contribution in [0.1, 0.15) is 27.2 Å². The first kappa shape index (κ1) is 15.9. The van der Waals surface area contributed by atoms with Gasteiger partial charge in [-0.15, -0.1) is 0 Å². The lowest BCUT2D eigenvalue weighted by molar-refractivity contribution is -0.136. The van der Waals surface area contributed by atoms with E-state index in [2.05, 4.69) is 10.6 Å². The number of ether oxygens (including phenoxy) is 1. The van der Waals surface area contributed by atoms with Gasteiger partial charge in [0.25, 0.3) is 0 Å². The van der Waals surface area contributed by atoms with E-state index in [9.17, 15) is 9.59 Å². The van der Waals surface area contributed by atoms with E-state index >= 15 is 0 Å². The molecule has 1 aliphatic heterocycles. The summed E-state index contributed by atoms with van der Waals surface area (Å²) in [5.41, 5.74) is -0.284. The second-order valence-corrected chi connectivity index (χ2v) is 6.05.